The minimum absolute atomic E-state index is 0.0150. The van der Waals surface area contributed by atoms with Crippen LogP contribution in [0.5, 0.6) is 0 Å². The van der Waals surface area contributed by atoms with Gasteiger partial charge in [-0.25, -0.2) is 4.79 Å². The number of carboxylic acid groups (broad SMARTS) is 1. The molecule has 1 rings (SSSR count). The van der Waals surface area contributed by atoms with Crippen LogP contribution in [0, 0.1) is 0 Å². The second-order valence-electron chi connectivity index (χ2n) is 2.45. The van der Waals surface area contributed by atoms with Crippen molar-refractivity contribution in [2.45, 2.75) is 12.2 Å². The zero-order valence-corrected chi connectivity index (χ0v) is 7.76. The van der Waals surface area contributed by atoms with Crippen LogP contribution in [0.1, 0.15) is 6.92 Å². The molecule has 0 aromatic rings. The van der Waals surface area contributed by atoms with Crippen LogP contribution in [-0.2, 0) is 9.53 Å². The van der Waals surface area contributed by atoms with Gasteiger partial charge in [0.2, 0.25) is 0 Å². The van der Waals surface area contributed by atoms with E-state index >= 15 is 0 Å². The van der Waals surface area contributed by atoms with Crippen LogP contribution in [0.2, 0.25) is 0 Å². The molecule has 0 fully saturated rings. The maximum absolute atomic E-state index is 10.7. The van der Waals surface area contributed by atoms with Gasteiger partial charge in [0.05, 0.1) is 24.0 Å². The van der Waals surface area contributed by atoms with Gasteiger partial charge in [0.15, 0.2) is 0 Å². The van der Waals surface area contributed by atoms with E-state index in [-0.39, 0.29) is 5.25 Å². The summed E-state index contributed by atoms with van der Waals surface area (Å²) in [7, 11) is 0. The first-order valence-electron chi connectivity index (χ1n) is 3.88. The molecule has 12 heavy (non-hydrogen) atoms. The quantitative estimate of drug-likeness (QED) is 0.721. The molecule has 0 aliphatic carbocycles. The second-order valence-corrected chi connectivity index (χ2v) is 3.93. The van der Waals surface area contributed by atoms with Crippen molar-refractivity contribution in [2.75, 3.05) is 19.0 Å². The Morgan fingerprint density at radius 2 is 2.67 bits per heavy atom. The summed E-state index contributed by atoms with van der Waals surface area (Å²) < 4.78 is 5.15. The van der Waals surface area contributed by atoms with Gasteiger partial charge in [-0.05, 0) is 11.8 Å². The van der Waals surface area contributed by atoms with E-state index < -0.39 is 5.97 Å². The topological polar surface area (TPSA) is 46.5 Å². The fourth-order valence-electron chi connectivity index (χ4n) is 1.11. The van der Waals surface area contributed by atoms with E-state index in [1.807, 2.05) is 6.92 Å². The Morgan fingerprint density at radius 3 is 3.25 bits per heavy atom. The Balaban J connectivity index is 2.64. The van der Waals surface area contributed by atoms with Gasteiger partial charge in [0.25, 0.3) is 0 Å². The average molecular weight is 188 g/mol. The SMILES string of the molecule is CCS[C@@H]1COCC=C1C(=O)O. The number of aliphatic carboxylic acids is 1. The average Bonchev–Trinajstić information content (AvgIpc) is 2.05. The lowest BCUT2D eigenvalue weighted by Crippen LogP contribution is -2.25. The third-order valence-electron chi connectivity index (χ3n) is 1.65. The van der Waals surface area contributed by atoms with Crippen LogP contribution in [-0.4, -0.2) is 35.3 Å². The summed E-state index contributed by atoms with van der Waals surface area (Å²) in [6.45, 7) is 2.97. The summed E-state index contributed by atoms with van der Waals surface area (Å²) in [4.78, 5) is 10.7. The Kier molecular flexibility index (Phi) is 3.62. The van der Waals surface area contributed by atoms with Crippen LogP contribution in [0.3, 0.4) is 0 Å². The minimum atomic E-state index is -0.816. The summed E-state index contributed by atoms with van der Waals surface area (Å²) >= 11 is 1.61. The van der Waals surface area contributed by atoms with Gasteiger partial charge in [-0.15, -0.1) is 0 Å². The van der Waals surface area contributed by atoms with E-state index in [1.165, 1.54) is 0 Å². The van der Waals surface area contributed by atoms with E-state index in [0.717, 1.165) is 5.75 Å². The predicted octanol–water partition coefficient (Wildman–Crippen LogP) is 1.15. The van der Waals surface area contributed by atoms with Crippen molar-refractivity contribution in [2.24, 2.45) is 0 Å². The highest BCUT2D eigenvalue weighted by molar-refractivity contribution is 8.00. The van der Waals surface area contributed by atoms with Crippen LogP contribution < -0.4 is 0 Å². The number of carbonyl (C=O) groups is 1. The maximum Gasteiger partial charge on any atom is 0.332 e. The zero-order valence-electron chi connectivity index (χ0n) is 6.95. The summed E-state index contributed by atoms with van der Waals surface area (Å²) in [6, 6.07) is 0. The van der Waals surface area contributed by atoms with Gasteiger partial charge in [-0.1, -0.05) is 6.92 Å². The molecule has 0 radical (unpaired) electrons. The number of carboxylic acids is 1. The molecule has 0 aromatic carbocycles. The lowest BCUT2D eigenvalue weighted by Gasteiger charge is -2.20. The Hall–Kier alpha value is -0.480. The number of hydrogen-bond donors (Lipinski definition) is 1. The third kappa shape index (κ3) is 2.25. The van der Waals surface area contributed by atoms with Gasteiger partial charge in [0, 0.05) is 0 Å². The van der Waals surface area contributed by atoms with E-state index in [2.05, 4.69) is 0 Å². The molecule has 0 saturated heterocycles. The first kappa shape index (κ1) is 9.61. The molecule has 1 N–H and O–H groups in total. The monoisotopic (exact) mass is 188 g/mol. The molecule has 3 nitrogen and oxygen atoms in total. The number of thioether (sulfide) groups is 1. The first-order chi connectivity index (χ1) is 5.75. The highest BCUT2D eigenvalue weighted by Gasteiger charge is 2.23. The largest absolute Gasteiger partial charge is 0.478 e. The molecule has 0 spiro atoms. The Bertz CT molecular complexity index is 200. The summed E-state index contributed by atoms with van der Waals surface area (Å²) in [5.41, 5.74) is 0.494. The van der Waals surface area contributed by atoms with Gasteiger partial charge in [-0.3, -0.25) is 0 Å². The molecule has 1 aliphatic rings. The predicted molar refractivity (Wildman–Crippen MR) is 48.5 cm³/mol. The summed E-state index contributed by atoms with van der Waals surface area (Å²) in [6.07, 6.45) is 1.65. The lowest BCUT2D eigenvalue weighted by molar-refractivity contribution is -0.133. The van der Waals surface area contributed by atoms with Crippen molar-refractivity contribution in [3.63, 3.8) is 0 Å². The van der Waals surface area contributed by atoms with E-state index in [1.54, 1.807) is 17.8 Å². The van der Waals surface area contributed by atoms with Crippen molar-refractivity contribution < 1.29 is 14.6 Å². The first-order valence-corrected chi connectivity index (χ1v) is 4.93. The molecule has 0 bridgehead atoms. The van der Waals surface area contributed by atoms with Crippen LogP contribution in [0.4, 0.5) is 0 Å². The van der Waals surface area contributed by atoms with Crippen LogP contribution in [0.15, 0.2) is 11.6 Å². The number of hydrogen-bond acceptors (Lipinski definition) is 3. The summed E-state index contributed by atoms with van der Waals surface area (Å²) in [5.74, 6) is 0.0998. The van der Waals surface area contributed by atoms with Crippen molar-refractivity contribution >= 4 is 17.7 Å². The van der Waals surface area contributed by atoms with Crippen LogP contribution in [0.25, 0.3) is 0 Å². The Labute approximate surface area is 75.8 Å². The zero-order chi connectivity index (χ0) is 8.97. The molecule has 4 heteroatoms. The molecular weight excluding hydrogens is 176 g/mol. The summed E-state index contributed by atoms with van der Waals surface area (Å²) in [5, 5.41) is 8.81. The molecule has 68 valence electrons. The maximum atomic E-state index is 10.7. The standard InChI is InChI=1S/C8H12O3S/c1-2-12-7-5-11-4-3-6(7)8(9)10/h3,7H,2,4-5H2,1H3,(H,9,10)/t7-/m1/s1. The molecule has 1 aliphatic heterocycles. The molecule has 1 heterocycles. The van der Waals surface area contributed by atoms with E-state index in [9.17, 15) is 4.79 Å². The molecular formula is C8H12O3S. The van der Waals surface area contributed by atoms with Crippen molar-refractivity contribution in [3.8, 4) is 0 Å². The highest BCUT2D eigenvalue weighted by atomic mass is 32.2. The smallest absolute Gasteiger partial charge is 0.332 e. The molecule has 0 unspecified atom stereocenters. The number of ether oxygens (including phenoxy) is 1. The highest BCUT2D eigenvalue weighted by Crippen LogP contribution is 2.22. The van der Waals surface area contributed by atoms with Gasteiger partial charge in [-0.2, -0.15) is 11.8 Å². The third-order valence-corrected chi connectivity index (χ3v) is 2.78. The fraction of sp³-hybridized carbons (Fsp3) is 0.625. The Morgan fingerprint density at radius 1 is 1.92 bits per heavy atom. The van der Waals surface area contributed by atoms with E-state index in [4.69, 9.17) is 9.84 Å². The van der Waals surface area contributed by atoms with E-state index in [0.29, 0.717) is 18.8 Å². The fourth-order valence-corrected chi connectivity index (χ4v) is 2.08. The molecule has 0 amide bonds. The van der Waals surface area contributed by atoms with Gasteiger partial charge < -0.3 is 9.84 Å². The molecule has 1 atom stereocenters. The van der Waals surface area contributed by atoms with Gasteiger partial charge in [0.1, 0.15) is 0 Å². The normalized spacial score (nSPS) is 23.4. The molecule has 0 saturated carbocycles. The van der Waals surface area contributed by atoms with Crippen LogP contribution >= 0.6 is 11.8 Å². The van der Waals surface area contributed by atoms with Gasteiger partial charge >= 0.3 is 5.97 Å². The minimum Gasteiger partial charge on any atom is -0.478 e. The van der Waals surface area contributed by atoms with Crippen molar-refractivity contribution in [1.29, 1.82) is 0 Å². The molecule has 0 aromatic heterocycles. The second kappa shape index (κ2) is 4.52. The van der Waals surface area contributed by atoms with Crippen molar-refractivity contribution in [1.82, 2.24) is 0 Å². The lowest BCUT2D eigenvalue weighted by atomic mass is 10.1. The van der Waals surface area contributed by atoms with Crippen molar-refractivity contribution in [3.05, 3.63) is 11.6 Å². The number of rotatable bonds is 3.